The van der Waals surface area contributed by atoms with Crippen LogP contribution >= 0.6 is 0 Å². The summed E-state index contributed by atoms with van der Waals surface area (Å²) in [4.78, 5) is 40.6. The smallest absolute Gasteiger partial charge is 0.333 e. The molecule has 21 heavy (non-hydrogen) atoms. The topological polar surface area (TPSA) is 76.8 Å². The van der Waals surface area contributed by atoms with Crippen molar-refractivity contribution in [3.63, 3.8) is 0 Å². The molecule has 0 unspecified atom stereocenters. The van der Waals surface area contributed by atoms with Crippen LogP contribution in [0.5, 0.6) is 0 Å². The lowest BCUT2D eigenvalue weighted by atomic mass is 10.1. The molecule has 1 aromatic carbocycles. The van der Waals surface area contributed by atoms with Crippen LogP contribution in [0, 0.1) is 0 Å². The Morgan fingerprint density at radius 3 is 2.33 bits per heavy atom. The van der Waals surface area contributed by atoms with E-state index in [-0.39, 0.29) is 17.5 Å². The summed E-state index contributed by atoms with van der Waals surface area (Å²) < 4.78 is 4.89. The lowest BCUT2D eigenvalue weighted by Gasteiger charge is -2.12. The molecule has 0 bridgehead atoms. The van der Waals surface area contributed by atoms with Gasteiger partial charge in [0.25, 0.3) is 11.8 Å². The van der Waals surface area contributed by atoms with Gasteiger partial charge in [0.05, 0.1) is 30.1 Å². The predicted molar refractivity (Wildman–Crippen MR) is 70.1 cm³/mol. The van der Waals surface area contributed by atoms with Crippen molar-refractivity contribution in [1.82, 2.24) is 5.06 Å². The Morgan fingerprint density at radius 1 is 1.10 bits per heavy atom. The quantitative estimate of drug-likeness (QED) is 0.803. The molecule has 0 radical (unpaired) electrons. The van der Waals surface area contributed by atoms with E-state index in [2.05, 4.69) is 0 Å². The van der Waals surface area contributed by atoms with Gasteiger partial charge in [0.1, 0.15) is 0 Å². The fourth-order valence-corrected chi connectivity index (χ4v) is 2.08. The standard InChI is InChI=1S/C15H11NO5/c17-13(6-5-10-7-8-20-9-10)21-16-14(18)11-3-1-2-4-12(11)15(16)19/h1-4,7-9H,5-6H2. The summed E-state index contributed by atoms with van der Waals surface area (Å²) in [5.41, 5.74) is 1.32. The Morgan fingerprint density at radius 2 is 1.76 bits per heavy atom. The number of benzene rings is 1. The van der Waals surface area contributed by atoms with E-state index in [0.29, 0.717) is 11.5 Å². The van der Waals surface area contributed by atoms with Crippen molar-refractivity contribution >= 4 is 17.8 Å². The third-order valence-electron chi connectivity index (χ3n) is 3.15. The minimum Gasteiger partial charge on any atom is -0.472 e. The molecule has 1 aliphatic heterocycles. The van der Waals surface area contributed by atoms with Crippen molar-refractivity contribution in [1.29, 1.82) is 0 Å². The Hall–Kier alpha value is -2.89. The molecule has 6 nitrogen and oxygen atoms in total. The molecule has 1 aromatic heterocycles. The van der Waals surface area contributed by atoms with Gasteiger partial charge in [0, 0.05) is 0 Å². The van der Waals surface area contributed by atoms with Gasteiger partial charge in [-0.05, 0) is 30.2 Å². The third kappa shape index (κ3) is 2.43. The minimum atomic E-state index is -0.647. The van der Waals surface area contributed by atoms with Gasteiger partial charge in [-0.3, -0.25) is 9.59 Å². The highest BCUT2D eigenvalue weighted by Crippen LogP contribution is 2.22. The molecule has 0 saturated carbocycles. The SMILES string of the molecule is O=C(CCc1ccoc1)ON1C(=O)c2ccccc2C1=O. The summed E-state index contributed by atoms with van der Waals surface area (Å²) >= 11 is 0. The zero-order valence-corrected chi connectivity index (χ0v) is 10.9. The lowest BCUT2D eigenvalue weighted by Crippen LogP contribution is -2.32. The molecule has 0 N–H and O–H groups in total. The second-order valence-corrected chi connectivity index (χ2v) is 4.55. The zero-order chi connectivity index (χ0) is 14.8. The van der Waals surface area contributed by atoms with E-state index in [4.69, 9.17) is 9.25 Å². The molecule has 6 heteroatoms. The summed E-state index contributed by atoms with van der Waals surface area (Å²) in [6.45, 7) is 0. The Kier molecular flexibility index (Phi) is 3.27. The van der Waals surface area contributed by atoms with Crippen LogP contribution in [0.25, 0.3) is 0 Å². The van der Waals surface area contributed by atoms with Gasteiger partial charge >= 0.3 is 5.97 Å². The fraction of sp³-hybridized carbons (Fsp3) is 0.133. The zero-order valence-electron chi connectivity index (χ0n) is 10.9. The van der Waals surface area contributed by atoms with Crippen LogP contribution in [0.4, 0.5) is 0 Å². The van der Waals surface area contributed by atoms with Crippen LogP contribution in [0.2, 0.25) is 0 Å². The molecule has 2 aromatic rings. The first kappa shape index (κ1) is 13.1. The van der Waals surface area contributed by atoms with E-state index < -0.39 is 17.8 Å². The summed E-state index contributed by atoms with van der Waals surface area (Å²) in [5.74, 6) is -1.88. The highest BCUT2D eigenvalue weighted by atomic mass is 16.7. The van der Waals surface area contributed by atoms with Crippen LogP contribution in [-0.4, -0.2) is 22.8 Å². The second kappa shape index (κ2) is 5.24. The number of hydrogen-bond donors (Lipinski definition) is 0. The predicted octanol–water partition coefficient (Wildman–Crippen LogP) is 1.97. The number of hydrogen-bond acceptors (Lipinski definition) is 5. The van der Waals surface area contributed by atoms with Crippen molar-refractivity contribution in [3.8, 4) is 0 Å². The van der Waals surface area contributed by atoms with Gasteiger partial charge in [0.15, 0.2) is 0 Å². The molecule has 0 saturated heterocycles. The average Bonchev–Trinajstić information content (AvgIpc) is 3.09. The Bertz CT molecular complexity index is 670. The summed E-state index contributed by atoms with van der Waals surface area (Å²) in [7, 11) is 0. The van der Waals surface area contributed by atoms with Gasteiger partial charge in [0.2, 0.25) is 0 Å². The van der Waals surface area contributed by atoms with E-state index in [0.717, 1.165) is 5.56 Å². The van der Waals surface area contributed by atoms with Gasteiger partial charge in [-0.25, -0.2) is 4.79 Å². The van der Waals surface area contributed by atoms with E-state index >= 15 is 0 Å². The highest BCUT2D eigenvalue weighted by Gasteiger charge is 2.38. The van der Waals surface area contributed by atoms with Gasteiger partial charge in [-0.1, -0.05) is 17.2 Å². The molecule has 0 aliphatic carbocycles. The van der Waals surface area contributed by atoms with Gasteiger partial charge < -0.3 is 9.25 Å². The number of furan rings is 1. The fourth-order valence-electron chi connectivity index (χ4n) is 2.08. The summed E-state index contributed by atoms with van der Waals surface area (Å²) in [5, 5.41) is 0.516. The van der Waals surface area contributed by atoms with Crippen LogP contribution in [0.1, 0.15) is 32.7 Å². The second-order valence-electron chi connectivity index (χ2n) is 4.55. The molecule has 2 amide bonds. The molecule has 1 aliphatic rings. The monoisotopic (exact) mass is 285 g/mol. The van der Waals surface area contributed by atoms with Crippen LogP contribution in [-0.2, 0) is 16.1 Å². The first-order valence-corrected chi connectivity index (χ1v) is 6.36. The lowest BCUT2D eigenvalue weighted by molar-refractivity contribution is -0.168. The Balaban J connectivity index is 1.65. The molecule has 0 atom stereocenters. The highest BCUT2D eigenvalue weighted by molar-refractivity contribution is 6.20. The Labute approximate surface area is 119 Å². The molecule has 0 spiro atoms. The number of fused-ring (bicyclic) bond motifs is 1. The number of hydroxylamine groups is 2. The number of rotatable bonds is 4. The molecular weight excluding hydrogens is 274 g/mol. The van der Waals surface area contributed by atoms with Gasteiger partial charge in [-0.2, -0.15) is 0 Å². The van der Waals surface area contributed by atoms with E-state index in [1.54, 1.807) is 18.2 Å². The van der Waals surface area contributed by atoms with Crippen molar-refractivity contribution < 1.29 is 23.6 Å². The van der Waals surface area contributed by atoms with Gasteiger partial charge in [-0.15, -0.1) is 0 Å². The molecule has 3 rings (SSSR count). The van der Waals surface area contributed by atoms with Crippen LogP contribution < -0.4 is 0 Å². The van der Waals surface area contributed by atoms with E-state index in [9.17, 15) is 14.4 Å². The first-order chi connectivity index (χ1) is 10.2. The van der Waals surface area contributed by atoms with Crippen molar-refractivity contribution in [2.24, 2.45) is 0 Å². The largest absolute Gasteiger partial charge is 0.472 e. The van der Waals surface area contributed by atoms with Crippen LogP contribution in [0.15, 0.2) is 47.3 Å². The maximum atomic E-state index is 12.0. The number of carbonyl (C=O) groups is 3. The minimum absolute atomic E-state index is 0.0486. The van der Waals surface area contributed by atoms with Crippen molar-refractivity contribution in [2.45, 2.75) is 12.8 Å². The van der Waals surface area contributed by atoms with E-state index in [1.807, 2.05) is 0 Å². The van der Waals surface area contributed by atoms with Crippen molar-refractivity contribution in [2.75, 3.05) is 0 Å². The van der Waals surface area contributed by atoms with Crippen molar-refractivity contribution in [3.05, 3.63) is 59.5 Å². The number of nitrogens with zero attached hydrogens (tertiary/aromatic N) is 1. The normalized spacial score (nSPS) is 13.4. The molecule has 106 valence electrons. The maximum Gasteiger partial charge on any atom is 0.333 e. The molecule has 2 heterocycles. The first-order valence-electron chi connectivity index (χ1n) is 6.36. The average molecular weight is 285 g/mol. The molecule has 0 fully saturated rings. The number of imide groups is 1. The summed E-state index contributed by atoms with van der Waals surface area (Å²) in [6, 6.07) is 8.07. The number of aryl methyl sites for hydroxylation is 1. The third-order valence-corrected chi connectivity index (χ3v) is 3.15. The van der Waals surface area contributed by atoms with Crippen LogP contribution in [0.3, 0.4) is 0 Å². The maximum absolute atomic E-state index is 12.0. The number of amides is 2. The number of carbonyl (C=O) groups excluding carboxylic acids is 3. The molecular formula is C15H11NO5. The summed E-state index contributed by atoms with van der Waals surface area (Å²) in [6.07, 6.45) is 3.49. The van der Waals surface area contributed by atoms with E-state index in [1.165, 1.54) is 24.7 Å².